The summed E-state index contributed by atoms with van der Waals surface area (Å²) in [6, 6.07) is 10.1. The fourth-order valence-corrected chi connectivity index (χ4v) is 4.37. The average Bonchev–Trinajstić information content (AvgIpc) is 3.35. The maximum absolute atomic E-state index is 13.0. The highest BCUT2D eigenvalue weighted by Gasteiger charge is 2.33. The summed E-state index contributed by atoms with van der Waals surface area (Å²) >= 11 is 12.3. The summed E-state index contributed by atoms with van der Waals surface area (Å²) in [5.41, 5.74) is 1.68. The smallest absolute Gasteiger partial charge is 0.225 e. The molecule has 0 radical (unpaired) electrons. The van der Waals surface area contributed by atoms with Gasteiger partial charge in [0.05, 0.1) is 17.0 Å². The van der Waals surface area contributed by atoms with Gasteiger partial charge in [0, 0.05) is 24.1 Å². The maximum Gasteiger partial charge on any atom is 0.225 e. The number of halogens is 2. The number of amides is 1. The Labute approximate surface area is 182 Å². The highest BCUT2D eigenvalue weighted by molar-refractivity contribution is 6.43. The van der Waals surface area contributed by atoms with Crippen LogP contribution in [0.15, 0.2) is 36.4 Å². The van der Waals surface area contributed by atoms with Crippen molar-refractivity contribution in [2.45, 2.75) is 25.4 Å². The molecule has 0 fully saturated rings. The van der Waals surface area contributed by atoms with Gasteiger partial charge in [0.1, 0.15) is 29.0 Å². The standard InChI is InChI=1S/C21H18Cl2N4O3/c22-15-7-6-14-16(10-30-19(14)18(15)23)24-21(29)12-3-8-17-25-26-20(27(17)9-12)11-1-4-13(28)5-2-11/h1-2,4-7,12,16,28H,3,8-10H2,(H,24,29). The number of benzene rings is 2. The van der Waals surface area contributed by atoms with E-state index in [1.54, 1.807) is 30.3 Å². The van der Waals surface area contributed by atoms with Crippen LogP contribution in [0.5, 0.6) is 11.5 Å². The van der Waals surface area contributed by atoms with E-state index >= 15 is 0 Å². The van der Waals surface area contributed by atoms with E-state index in [-0.39, 0.29) is 23.6 Å². The van der Waals surface area contributed by atoms with Crippen LogP contribution in [-0.2, 0) is 17.8 Å². The quantitative estimate of drug-likeness (QED) is 0.641. The molecule has 0 saturated carbocycles. The zero-order chi connectivity index (χ0) is 20.8. The summed E-state index contributed by atoms with van der Waals surface area (Å²) in [6.07, 6.45) is 1.36. The summed E-state index contributed by atoms with van der Waals surface area (Å²) in [6.45, 7) is 0.816. The van der Waals surface area contributed by atoms with Crippen molar-refractivity contribution in [1.82, 2.24) is 20.1 Å². The number of carbonyl (C=O) groups excluding carboxylic acids is 1. The van der Waals surface area contributed by atoms with Crippen LogP contribution in [0.2, 0.25) is 10.0 Å². The Kier molecular flexibility index (Phi) is 4.79. The molecule has 154 valence electrons. The molecule has 3 aromatic rings. The number of aromatic hydroxyl groups is 1. The van der Waals surface area contributed by atoms with Crippen LogP contribution < -0.4 is 10.1 Å². The normalized spacial score (nSPS) is 19.7. The van der Waals surface area contributed by atoms with Gasteiger partial charge in [-0.1, -0.05) is 29.3 Å². The summed E-state index contributed by atoms with van der Waals surface area (Å²) in [5, 5.41) is 22.0. The SMILES string of the molecule is O=C(NC1COc2c1ccc(Cl)c2Cl)C1CCc2nnc(-c3ccc(O)cc3)n2C1. The van der Waals surface area contributed by atoms with Crippen LogP contribution in [0.4, 0.5) is 0 Å². The molecule has 2 aliphatic heterocycles. The summed E-state index contributed by atoms with van der Waals surface area (Å²) in [7, 11) is 0. The lowest BCUT2D eigenvalue weighted by atomic mass is 9.97. The third-order valence-corrected chi connectivity index (χ3v) is 6.40. The first-order valence-electron chi connectivity index (χ1n) is 9.64. The highest BCUT2D eigenvalue weighted by atomic mass is 35.5. The maximum atomic E-state index is 13.0. The van der Waals surface area contributed by atoms with Crippen LogP contribution in [0.3, 0.4) is 0 Å². The van der Waals surface area contributed by atoms with E-state index in [9.17, 15) is 9.90 Å². The van der Waals surface area contributed by atoms with E-state index in [2.05, 4.69) is 15.5 Å². The lowest BCUT2D eigenvalue weighted by Crippen LogP contribution is -2.38. The van der Waals surface area contributed by atoms with Crippen LogP contribution in [0, 0.1) is 5.92 Å². The van der Waals surface area contributed by atoms with Crippen molar-refractivity contribution in [3.05, 3.63) is 57.8 Å². The van der Waals surface area contributed by atoms with Crippen molar-refractivity contribution >= 4 is 29.1 Å². The first-order chi connectivity index (χ1) is 14.5. The molecule has 5 rings (SSSR count). The number of rotatable bonds is 3. The Balaban J connectivity index is 1.34. The van der Waals surface area contributed by atoms with Crippen molar-refractivity contribution in [2.24, 2.45) is 5.92 Å². The van der Waals surface area contributed by atoms with Gasteiger partial charge in [-0.3, -0.25) is 4.79 Å². The summed E-state index contributed by atoms with van der Waals surface area (Å²) in [4.78, 5) is 13.0. The minimum absolute atomic E-state index is 0.0430. The molecule has 1 aromatic heterocycles. The van der Waals surface area contributed by atoms with Gasteiger partial charge in [-0.25, -0.2) is 0 Å². The molecule has 30 heavy (non-hydrogen) atoms. The van der Waals surface area contributed by atoms with Crippen molar-refractivity contribution < 1.29 is 14.6 Å². The third kappa shape index (κ3) is 3.28. The molecule has 7 nitrogen and oxygen atoms in total. The second-order valence-electron chi connectivity index (χ2n) is 7.48. The summed E-state index contributed by atoms with van der Waals surface area (Å²) in [5.74, 6) is 2.02. The minimum atomic E-state index is -0.263. The van der Waals surface area contributed by atoms with Gasteiger partial charge >= 0.3 is 0 Å². The van der Waals surface area contributed by atoms with E-state index in [1.165, 1.54) is 0 Å². The first kappa shape index (κ1) is 19.2. The Morgan fingerprint density at radius 2 is 1.97 bits per heavy atom. The number of hydrogen-bond donors (Lipinski definition) is 2. The molecule has 2 unspecified atom stereocenters. The Bertz CT molecular complexity index is 1130. The second-order valence-corrected chi connectivity index (χ2v) is 8.27. The number of hydrogen-bond acceptors (Lipinski definition) is 5. The number of phenolic OH excluding ortho intramolecular Hbond substituents is 1. The predicted octanol–water partition coefficient (Wildman–Crippen LogP) is 3.77. The average molecular weight is 445 g/mol. The monoisotopic (exact) mass is 444 g/mol. The van der Waals surface area contributed by atoms with Crippen molar-refractivity contribution in [1.29, 1.82) is 0 Å². The molecule has 2 atom stereocenters. The molecule has 2 aliphatic rings. The second kappa shape index (κ2) is 7.49. The molecule has 3 heterocycles. The highest BCUT2D eigenvalue weighted by Crippen LogP contribution is 2.42. The molecule has 0 bridgehead atoms. The lowest BCUT2D eigenvalue weighted by molar-refractivity contribution is -0.126. The van der Waals surface area contributed by atoms with Gasteiger partial charge in [-0.05, 0) is 36.8 Å². The van der Waals surface area contributed by atoms with E-state index in [4.69, 9.17) is 27.9 Å². The molecule has 2 aromatic carbocycles. The van der Waals surface area contributed by atoms with Gasteiger partial charge < -0.3 is 19.7 Å². The van der Waals surface area contributed by atoms with Crippen molar-refractivity contribution in [3.8, 4) is 22.9 Å². The van der Waals surface area contributed by atoms with Gasteiger partial charge in [0.25, 0.3) is 0 Å². The number of aryl methyl sites for hydroxylation is 1. The number of carbonyl (C=O) groups is 1. The van der Waals surface area contributed by atoms with E-state index in [0.29, 0.717) is 47.6 Å². The predicted molar refractivity (Wildman–Crippen MR) is 112 cm³/mol. The zero-order valence-electron chi connectivity index (χ0n) is 15.8. The fourth-order valence-electron chi connectivity index (χ4n) is 4.00. The number of nitrogens with one attached hydrogen (secondary N) is 1. The Morgan fingerprint density at radius 1 is 1.17 bits per heavy atom. The molecule has 0 aliphatic carbocycles. The molecular formula is C21H18Cl2N4O3. The van der Waals surface area contributed by atoms with Gasteiger partial charge in [-0.15, -0.1) is 10.2 Å². The van der Waals surface area contributed by atoms with E-state index in [1.807, 2.05) is 10.6 Å². The fraction of sp³-hybridized carbons (Fsp3) is 0.286. The molecule has 1 amide bonds. The van der Waals surface area contributed by atoms with Gasteiger partial charge in [0.2, 0.25) is 5.91 Å². The third-order valence-electron chi connectivity index (χ3n) is 5.61. The largest absolute Gasteiger partial charge is 0.508 e. The number of phenols is 1. The van der Waals surface area contributed by atoms with Crippen LogP contribution in [-0.4, -0.2) is 32.4 Å². The van der Waals surface area contributed by atoms with E-state index in [0.717, 1.165) is 17.0 Å². The minimum Gasteiger partial charge on any atom is -0.508 e. The first-order valence-corrected chi connectivity index (χ1v) is 10.4. The van der Waals surface area contributed by atoms with Crippen LogP contribution in [0.1, 0.15) is 23.9 Å². The number of ether oxygens (including phenoxy) is 1. The molecule has 2 N–H and O–H groups in total. The van der Waals surface area contributed by atoms with Gasteiger partial charge in [-0.2, -0.15) is 0 Å². The van der Waals surface area contributed by atoms with Crippen molar-refractivity contribution in [2.75, 3.05) is 6.61 Å². The molecular weight excluding hydrogens is 427 g/mol. The number of nitrogens with zero attached hydrogens (tertiary/aromatic N) is 3. The Morgan fingerprint density at radius 3 is 2.77 bits per heavy atom. The topological polar surface area (TPSA) is 89.3 Å². The molecule has 0 spiro atoms. The molecule has 0 saturated heterocycles. The number of fused-ring (bicyclic) bond motifs is 2. The van der Waals surface area contributed by atoms with Crippen LogP contribution in [0.25, 0.3) is 11.4 Å². The lowest BCUT2D eigenvalue weighted by Gasteiger charge is -2.25. The van der Waals surface area contributed by atoms with Gasteiger partial charge in [0.15, 0.2) is 5.82 Å². The van der Waals surface area contributed by atoms with Crippen LogP contribution >= 0.6 is 23.2 Å². The zero-order valence-corrected chi connectivity index (χ0v) is 17.3. The summed E-state index contributed by atoms with van der Waals surface area (Å²) < 4.78 is 7.65. The Hall–Kier alpha value is -2.77. The van der Waals surface area contributed by atoms with E-state index < -0.39 is 0 Å². The van der Waals surface area contributed by atoms with Crippen molar-refractivity contribution in [3.63, 3.8) is 0 Å². The molecule has 9 heteroatoms. The number of aromatic nitrogens is 3.